The minimum Gasteiger partial charge on any atom is -0.325 e. The highest BCUT2D eigenvalue weighted by molar-refractivity contribution is 7.99. The van der Waals surface area contributed by atoms with Crippen LogP contribution in [0.3, 0.4) is 0 Å². The van der Waals surface area contributed by atoms with Crippen LogP contribution in [0.2, 0.25) is 0 Å². The molecule has 2 rings (SSSR count). The van der Waals surface area contributed by atoms with Crippen molar-refractivity contribution in [2.24, 2.45) is 0 Å². The van der Waals surface area contributed by atoms with E-state index < -0.39 is 0 Å². The average Bonchev–Trinajstić information content (AvgIpc) is 2.67. The summed E-state index contributed by atoms with van der Waals surface area (Å²) in [6.45, 7) is 5.35. The normalized spacial score (nSPS) is 12.2. The molecule has 0 saturated heterocycles. The van der Waals surface area contributed by atoms with E-state index >= 15 is 0 Å². The SMILES string of the molecule is CSC(C)(C)Cn1c(CCl)nc2cnccc21. The first kappa shape index (κ1) is 12.7. The molecule has 2 aromatic rings. The minimum atomic E-state index is 0.164. The van der Waals surface area contributed by atoms with Gasteiger partial charge in [0.2, 0.25) is 0 Å². The van der Waals surface area contributed by atoms with Crippen LogP contribution in [0.4, 0.5) is 0 Å². The highest BCUT2D eigenvalue weighted by atomic mass is 35.5. The van der Waals surface area contributed by atoms with Gasteiger partial charge in [-0.2, -0.15) is 11.8 Å². The number of fused-ring (bicyclic) bond motifs is 1. The Hall–Kier alpha value is -0.740. The van der Waals surface area contributed by atoms with E-state index in [0.29, 0.717) is 5.88 Å². The molecule has 0 radical (unpaired) electrons. The highest BCUT2D eigenvalue weighted by Crippen LogP contribution is 2.27. The van der Waals surface area contributed by atoms with Gasteiger partial charge in [-0.3, -0.25) is 4.98 Å². The number of hydrogen-bond donors (Lipinski definition) is 0. The van der Waals surface area contributed by atoms with Crippen LogP contribution in [0.5, 0.6) is 0 Å². The summed E-state index contributed by atoms with van der Waals surface area (Å²) in [5, 5.41) is 0. The van der Waals surface area contributed by atoms with Crippen LogP contribution < -0.4 is 0 Å². The van der Waals surface area contributed by atoms with Crippen molar-refractivity contribution in [2.45, 2.75) is 31.0 Å². The molecule has 3 nitrogen and oxygen atoms in total. The Kier molecular flexibility index (Phi) is 3.64. The standard InChI is InChI=1S/C12H16ClN3S/c1-12(2,17-3)8-16-10-4-5-14-7-9(10)15-11(16)6-13/h4-5,7H,6,8H2,1-3H3. The zero-order valence-corrected chi connectivity index (χ0v) is 11.8. The maximum atomic E-state index is 5.97. The van der Waals surface area contributed by atoms with Gasteiger partial charge < -0.3 is 4.57 Å². The maximum Gasteiger partial charge on any atom is 0.124 e. The van der Waals surface area contributed by atoms with Crippen LogP contribution in [0.15, 0.2) is 18.5 Å². The summed E-state index contributed by atoms with van der Waals surface area (Å²) in [5.41, 5.74) is 2.03. The second kappa shape index (κ2) is 4.86. The van der Waals surface area contributed by atoms with E-state index in [9.17, 15) is 0 Å². The molecule has 0 bridgehead atoms. The van der Waals surface area contributed by atoms with Gasteiger partial charge in [-0.1, -0.05) is 0 Å². The van der Waals surface area contributed by atoms with Crippen LogP contribution in [-0.2, 0) is 12.4 Å². The third-order valence-corrected chi connectivity index (χ3v) is 4.31. The molecule has 5 heteroatoms. The molecule has 0 aliphatic carbocycles. The molecule has 0 aliphatic rings. The number of alkyl halides is 1. The highest BCUT2D eigenvalue weighted by Gasteiger charge is 2.20. The number of aromatic nitrogens is 3. The molecule has 0 spiro atoms. The fourth-order valence-corrected chi connectivity index (χ4v) is 2.22. The van der Waals surface area contributed by atoms with Crippen LogP contribution in [0.25, 0.3) is 11.0 Å². The lowest BCUT2D eigenvalue weighted by molar-refractivity contribution is 0.566. The molecule has 92 valence electrons. The van der Waals surface area contributed by atoms with E-state index in [-0.39, 0.29) is 4.75 Å². The number of imidazole rings is 1. The Bertz CT molecular complexity index is 521. The zero-order chi connectivity index (χ0) is 12.5. The zero-order valence-electron chi connectivity index (χ0n) is 10.3. The Morgan fingerprint density at radius 1 is 1.47 bits per heavy atom. The van der Waals surface area contributed by atoms with Crippen molar-refractivity contribution in [3.63, 3.8) is 0 Å². The fraction of sp³-hybridized carbons (Fsp3) is 0.500. The van der Waals surface area contributed by atoms with Gasteiger partial charge in [0, 0.05) is 17.5 Å². The topological polar surface area (TPSA) is 30.7 Å². The Balaban J connectivity index is 2.50. The molecule has 0 fully saturated rings. The third-order valence-electron chi connectivity index (χ3n) is 2.84. The monoisotopic (exact) mass is 269 g/mol. The number of halogens is 1. The summed E-state index contributed by atoms with van der Waals surface area (Å²) in [7, 11) is 0. The third kappa shape index (κ3) is 2.58. The Morgan fingerprint density at radius 2 is 2.24 bits per heavy atom. The van der Waals surface area contributed by atoms with Gasteiger partial charge in [0.05, 0.1) is 17.6 Å². The summed E-state index contributed by atoms with van der Waals surface area (Å²) < 4.78 is 2.36. The summed E-state index contributed by atoms with van der Waals surface area (Å²) in [4.78, 5) is 8.60. The van der Waals surface area contributed by atoms with Crippen LogP contribution in [0, 0.1) is 0 Å². The molecule has 0 aliphatic heterocycles. The van der Waals surface area contributed by atoms with Crippen molar-refractivity contribution in [2.75, 3.05) is 6.26 Å². The van der Waals surface area contributed by atoms with E-state index in [1.807, 2.05) is 17.8 Å². The van der Waals surface area contributed by atoms with E-state index in [2.05, 4.69) is 34.6 Å². The minimum absolute atomic E-state index is 0.164. The van der Waals surface area contributed by atoms with E-state index in [1.54, 1.807) is 12.4 Å². The Labute approximate surface area is 111 Å². The fourth-order valence-electron chi connectivity index (χ4n) is 1.76. The quantitative estimate of drug-likeness (QED) is 0.798. The van der Waals surface area contributed by atoms with Crippen molar-refractivity contribution in [3.05, 3.63) is 24.3 Å². The number of rotatable bonds is 4. The van der Waals surface area contributed by atoms with Gasteiger partial charge in [0.15, 0.2) is 0 Å². The van der Waals surface area contributed by atoms with Crippen molar-refractivity contribution < 1.29 is 0 Å². The predicted octanol–water partition coefficient (Wildman–Crippen LogP) is 3.31. The first-order valence-corrected chi connectivity index (χ1v) is 7.23. The molecule has 17 heavy (non-hydrogen) atoms. The first-order chi connectivity index (χ1) is 8.07. The van der Waals surface area contributed by atoms with Gasteiger partial charge in [0.1, 0.15) is 11.3 Å². The molecule has 0 atom stereocenters. The van der Waals surface area contributed by atoms with Gasteiger partial charge in [-0.15, -0.1) is 11.6 Å². The van der Waals surface area contributed by atoms with Crippen LogP contribution in [0.1, 0.15) is 19.7 Å². The van der Waals surface area contributed by atoms with E-state index in [0.717, 1.165) is 23.4 Å². The lowest BCUT2D eigenvalue weighted by Crippen LogP contribution is -2.23. The second-order valence-corrected chi connectivity index (χ2v) is 6.36. The molecule has 0 saturated carbocycles. The number of hydrogen-bond acceptors (Lipinski definition) is 3. The molecule has 0 N–H and O–H groups in total. The van der Waals surface area contributed by atoms with Crippen molar-refractivity contribution in [1.82, 2.24) is 14.5 Å². The van der Waals surface area contributed by atoms with Gasteiger partial charge in [-0.25, -0.2) is 4.98 Å². The molecular weight excluding hydrogens is 254 g/mol. The largest absolute Gasteiger partial charge is 0.325 e. The summed E-state index contributed by atoms with van der Waals surface area (Å²) in [6, 6.07) is 1.99. The van der Waals surface area contributed by atoms with Crippen LogP contribution >= 0.6 is 23.4 Å². The second-order valence-electron chi connectivity index (χ2n) is 4.58. The molecule has 2 heterocycles. The van der Waals surface area contributed by atoms with Crippen molar-refractivity contribution in [3.8, 4) is 0 Å². The number of pyridine rings is 1. The van der Waals surface area contributed by atoms with Gasteiger partial charge in [0.25, 0.3) is 0 Å². The van der Waals surface area contributed by atoms with Crippen LogP contribution in [-0.4, -0.2) is 25.5 Å². The van der Waals surface area contributed by atoms with Crippen molar-refractivity contribution >= 4 is 34.4 Å². The predicted molar refractivity (Wildman–Crippen MR) is 74.7 cm³/mol. The van der Waals surface area contributed by atoms with Crippen molar-refractivity contribution in [1.29, 1.82) is 0 Å². The van der Waals surface area contributed by atoms with E-state index in [1.165, 1.54) is 0 Å². The molecule has 0 amide bonds. The van der Waals surface area contributed by atoms with Gasteiger partial charge >= 0.3 is 0 Å². The molecular formula is C12H16ClN3S. The maximum absolute atomic E-state index is 5.97. The Morgan fingerprint density at radius 3 is 2.88 bits per heavy atom. The summed E-state index contributed by atoms with van der Waals surface area (Å²) in [5.74, 6) is 1.34. The molecule has 2 aromatic heterocycles. The number of nitrogens with zero attached hydrogens (tertiary/aromatic N) is 3. The molecule has 0 aromatic carbocycles. The summed E-state index contributed by atoms with van der Waals surface area (Å²) >= 11 is 7.81. The number of thioether (sulfide) groups is 1. The average molecular weight is 270 g/mol. The lowest BCUT2D eigenvalue weighted by atomic mass is 10.2. The smallest absolute Gasteiger partial charge is 0.124 e. The summed E-state index contributed by atoms with van der Waals surface area (Å²) in [6.07, 6.45) is 5.71. The molecule has 0 unspecified atom stereocenters. The first-order valence-electron chi connectivity index (χ1n) is 5.47. The lowest BCUT2D eigenvalue weighted by Gasteiger charge is -2.23. The van der Waals surface area contributed by atoms with E-state index in [4.69, 9.17) is 11.6 Å². The van der Waals surface area contributed by atoms with Gasteiger partial charge in [-0.05, 0) is 26.2 Å².